The van der Waals surface area contributed by atoms with Crippen molar-refractivity contribution in [3.8, 4) is 5.75 Å². The molecule has 154 valence electrons. The number of esters is 1. The Bertz CT molecular complexity index is 882. The molecule has 0 spiro atoms. The van der Waals surface area contributed by atoms with Crippen molar-refractivity contribution >= 4 is 23.5 Å². The minimum Gasteiger partial charge on any atom is -0.454 e. The molecule has 29 heavy (non-hydrogen) atoms. The fraction of sp³-hybridized carbons (Fsp3) is 0.250. The Morgan fingerprint density at radius 1 is 1.03 bits per heavy atom. The molecule has 2 amide bonds. The molecule has 0 aliphatic rings. The van der Waals surface area contributed by atoms with Gasteiger partial charge < -0.3 is 20.1 Å². The van der Waals surface area contributed by atoms with Crippen LogP contribution in [0.15, 0.2) is 42.5 Å². The number of halogens is 2. The van der Waals surface area contributed by atoms with E-state index in [0.29, 0.717) is 5.56 Å². The number of alkyl halides is 2. The van der Waals surface area contributed by atoms with Crippen LogP contribution in [0.25, 0.3) is 0 Å². The smallest absolute Gasteiger partial charge is 0.387 e. The van der Waals surface area contributed by atoms with Crippen LogP contribution in [-0.4, -0.2) is 37.5 Å². The van der Waals surface area contributed by atoms with Gasteiger partial charge in [-0.05, 0) is 38.1 Å². The third kappa shape index (κ3) is 7.21. The standard InChI is InChI=1S/C20H20F2N2O5/c1-12-7-13(2)9-14(8-12)19(27)23-10-18(26)28-11-17(25)24-15-5-3-4-6-16(15)29-20(21)22/h3-9,20H,10-11H2,1-2H3,(H,23,27)(H,24,25). The molecule has 0 aliphatic heterocycles. The van der Waals surface area contributed by atoms with Crippen LogP contribution in [0.2, 0.25) is 0 Å². The van der Waals surface area contributed by atoms with Gasteiger partial charge in [0.25, 0.3) is 11.8 Å². The largest absolute Gasteiger partial charge is 0.454 e. The Balaban J connectivity index is 1.80. The quantitative estimate of drug-likeness (QED) is 0.658. The molecular weight excluding hydrogens is 386 g/mol. The maximum Gasteiger partial charge on any atom is 0.387 e. The van der Waals surface area contributed by atoms with Crippen LogP contribution in [0.3, 0.4) is 0 Å². The van der Waals surface area contributed by atoms with Crippen molar-refractivity contribution in [1.82, 2.24) is 5.32 Å². The Labute approximate surface area is 166 Å². The maximum atomic E-state index is 12.4. The van der Waals surface area contributed by atoms with Gasteiger partial charge in [-0.3, -0.25) is 14.4 Å². The van der Waals surface area contributed by atoms with Crippen LogP contribution < -0.4 is 15.4 Å². The lowest BCUT2D eigenvalue weighted by Gasteiger charge is -2.12. The highest BCUT2D eigenvalue weighted by atomic mass is 19.3. The number of carbonyl (C=O) groups excluding carboxylic acids is 3. The minimum atomic E-state index is -3.05. The molecule has 2 N–H and O–H groups in total. The molecule has 0 bridgehead atoms. The minimum absolute atomic E-state index is 0.0111. The molecule has 0 fully saturated rings. The van der Waals surface area contributed by atoms with E-state index < -0.39 is 37.5 Å². The van der Waals surface area contributed by atoms with Crippen LogP contribution in [0.5, 0.6) is 5.75 Å². The number of hydrogen-bond donors (Lipinski definition) is 2. The third-order valence-electron chi connectivity index (χ3n) is 3.62. The number of aryl methyl sites for hydroxylation is 2. The average Bonchev–Trinajstić information content (AvgIpc) is 2.64. The van der Waals surface area contributed by atoms with E-state index >= 15 is 0 Å². The lowest BCUT2D eigenvalue weighted by Crippen LogP contribution is -2.32. The first-order valence-corrected chi connectivity index (χ1v) is 8.60. The normalized spacial score (nSPS) is 10.4. The van der Waals surface area contributed by atoms with E-state index in [4.69, 9.17) is 4.74 Å². The molecule has 0 radical (unpaired) electrons. The predicted molar refractivity (Wildman–Crippen MR) is 101 cm³/mol. The van der Waals surface area contributed by atoms with Crippen LogP contribution in [-0.2, 0) is 14.3 Å². The average molecular weight is 406 g/mol. The van der Waals surface area contributed by atoms with Gasteiger partial charge >= 0.3 is 12.6 Å². The van der Waals surface area contributed by atoms with Crippen molar-refractivity contribution < 1.29 is 32.6 Å². The summed E-state index contributed by atoms with van der Waals surface area (Å²) in [6.07, 6.45) is 0. The van der Waals surface area contributed by atoms with Crippen LogP contribution >= 0.6 is 0 Å². The summed E-state index contributed by atoms with van der Waals surface area (Å²) in [6.45, 7) is -0.431. The molecule has 0 saturated heterocycles. The number of carbonyl (C=O) groups is 3. The van der Waals surface area contributed by atoms with Gasteiger partial charge in [-0.1, -0.05) is 29.3 Å². The number of amides is 2. The summed E-state index contributed by atoms with van der Waals surface area (Å²) < 4.78 is 33.8. The summed E-state index contributed by atoms with van der Waals surface area (Å²) >= 11 is 0. The summed E-state index contributed by atoms with van der Waals surface area (Å²) in [5, 5.41) is 4.72. The Morgan fingerprint density at radius 3 is 2.34 bits per heavy atom. The van der Waals surface area contributed by atoms with E-state index in [-0.39, 0.29) is 11.4 Å². The molecule has 0 saturated carbocycles. The number of anilines is 1. The molecule has 0 aliphatic carbocycles. The Morgan fingerprint density at radius 2 is 1.69 bits per heavy atom. The Hall–Kier alpha value is -3.49. The van der Waals surface area contributed by atoms with Crippen LogP contribution in [0, 0.1) is 13.8 Å². The van der Waals surface area contributed by atoms with Crippen molar-refractivity contribution in [3.63, 3.8) is 0 Å². The highest BCUT2D eigenvalue weighted by Gasteiger charge is 2.14. The van der Waals surface area contributed by atoms with E-state index in [1.807, 2.05) is 19.9 Å². The number of hydrogen-bond acceptors (Lipinski definition) is 5. The molecule has 9 heteroatoms. The van der Waals surface area contributed by atoms with Crippen LogP contribution in [0.4, 0.5) is 14.5 Å². The van der Waals surface area contributed by atoms with Gasteiger partial charge in [-0.25, -0.2) is 0 Å². The third-order valence-corrected chi connectivity index (χ3v) is 3.62. The van der Waals surface area contributed by atoms with Gasteiger partial charge in [-0.2, -0.15) is 8.78 Å². The summed E-state index contributed by atoms with van der Waals surface area (Å²) in [7, 11) is 0. The molecule has 2 aromatic carbocycles. The van der Waals surface area contributed by atoms with E-state index in [2.05, 4.69) is 15.4 Å². The van der Waals surface area contributed by atoms with E-state index in [1.165, 1.54) is 24.3 Å². The van der Waals surface area contributed by atoms with Crippen molar-refractivity contribution in [2.75, 3.05) is 18.5 Å². The topological polar surface area (TPSA) is 93.7 Å². The predicted octanol–water partition coefficient (Wildman–Crippen LogP) is 2.82. The lowest BCUT2D eigenvalue weighted by molar-refractivity contribution is -0.146. The zero-order valence-electron chi connectivity index (χ0n) is 15.8. The van der Waals surface area contributed by atoms with Crippen molar-refractivity contribution in [2.24, 2.45) is 0 Å². The monoisotopic (exact) mass is 406 g/mol. The lowest BCUT2D eigenvalue weighted by atomic mass is 10.1. The van der Waals surface area contributed by atoms with E-state index in [0.717, 1.165) is 11.1 Å². The molecule has 0 atom stereocenters. The fourth-order valence-corrected chi connectivity index (χ4v) is 2.51. The number of para-hydroxylation sites is 2. The van der Waals surface area contributed by atoms with E-state index in [1.54, 1.807) is 12.1 Å². The number of ether oxygens (including phenoxy) is 2. The van der Waals surface area contributed by atoms with Crippen molar-refractivity contribution in [2.45, 2.75) is 20.5 Å². The zero-order valence-corrected chi connectivity index (χ0v) is 15.8. The highest BCUT2D eigenvalue weighted by Crippen LogP contribution is 2.25. The second-order valence-electron chi connectivity index (χ2n) is 6.14. The second-order valence-corrected chi connectivity index (χ2v) is 6.14. The highest BCUT2D eigenvalue weighted by molar-refractivity contribution is 5.97. The first kappa shape index (κ1) is 21.8. The molecule has 2 aromatic rings. The van der Waals surface area contributed by atoms with E-state index in [9.17, 15) is 23.2 Å². The molecular formula is C20H20F2N2O5. The second kappa shape index (κ2) is 10.2. The van der Waals surface area contributed by atoms with Crippen molar-refractivity contribution in [1.29, 1.82) is 0 Å². The maximum absolute atomic E-state index is 12.4. The van der Waals surface area contributed by atoms with Gasteiger partial charge in [-0.15, -0.1) is 0 Å². The summed E-state index contributed by atoms with van der Waals surface area (Å²) in [6, 6.07) is 10.9. The number of nitrogens with one attached hydrogen (secondary N) is 2. The van der Waals surface area contributed by atoms with Crippen LogP contribution in [0.1, 0.15) is 21.5 Å². The van der Waals surface area contributed by atoms with Gasteiger partial charge in [0.1, 0.15) is 12.3 Å². The zero-order chi connectivity index (χ0) is 21.4. The summed E-state index contributed by atoms with van der Waals surface area (Å²) in [4.78, 5) is 35.7. The number of benzene rings is 2. The molecule has 0 unspecified atom stereocenters. The first-order chi connectivity index (χ1) is 13.7. The van der Waals surface area contributed by atoms with Crippen molar-refractivity contribution in [3.05, 3.63) is 59.2 Å². The first-order valence-electron chi connectivity index (χ1n) is 8.60. The molecule has 2 rings (SSSR count). The number of rotatable bonds is 8. The fourth-order valence-electron chi connectivity index (χ4n) is 2.51. The SMILES string of the molecule is Cc1cc(C)cc(C(=O)NCC(=O)OCC(=O)Nc2ccccc2OC(F)F)c1. The molecule has 0 aromatic heterocycles. The molecule has 0 heterocycles. The van der Waals surface area contributed by atoms with Gasteiger partial charge in [0.2, 0.25) is 0 Å². The van der Waals surface area contributed by atoms with Gasteiger partial charge in [0.15, 0.2) is 6.61 Å². The summed E-state index contributed by atoms with van der Waals surface area (Å²) in [5.41, 5.74) is 2.23. The van der Waals surface area contributed by atoms with Gasteiger partial charge in [0, 0.05) is 5.56 Å². The van der Waals surface area contributed by atoms with Gasteiger partial charge in [0.05, 0.1) is 5.69 Å². The summed E-state index contributed by atoms with van der Waals surface area (Å²) in [5.74, 6) is -2.24. The Kier molecular flexibility index (Phi) is 7.64. The molecule has 7 nitrogen and oxygen atoms in total.